The van der Waals surface area contributed by atoms with Gasteiger partial charge in [0.2, 0.25) is 5.91 Å². The average Bonchev–Trinajstić information content (AvgIpc) is 2.56. The van der Waals surface area contributed by atoms with Crippen molar-refractivity contribution in [1.29, 1.82) is 0 Å². The van der Waals surface area contributed by atoms with E-state index in [2.05, 4.69) is 11.4 Å². The van der Waals surface area contributed by atoms with Crippen molar-refractivity contribution in [3.8, 4) is 11.5 Å². The number of carbonyl (C=O) groups is 1. The molecule has 2 rings (SSSR count). The zero-order valence-electron chi connectivity index (χ0n) is 14.6. The molecule has 2 aromatic carbocycles. The first-order valence-electron chi connectivity index (χ1n) is 8.01. The third kappa shape index (κ3) is 7.03. The molecule has 0 radical (unpaired) electrons. The number of benzene rings is 2. The minimum atomic E-state index is -0.0876. The lowest BCUT2D eigenvalue weighted by atomic mass is 10.1. The van der Waals surface area contributed by atoms with E-state index in [0.29, 0.717) is 26.2 Å². The van der Waals surface area contributed by atoms with E-state index in [1.54, 1.807) is 24.3 Å². The molecule has 3 N–H and O–H groups in total. The summed E-state index contributed by atoms with van der Waals surface area (Å²) in [6, 6.07) is 13.2. The smallest absolute Gasteiger partial charge is 0.227 e. The number of nitrogens with two attached hydrogens (primary N) is 1. The van der Waals surface area contributed by atoms with Crippen LogP contribution in [0.5, 0.6) is 11.5 Å². The predicted octanol–water partition coefficient (Wildman–Crippen LogP) is 3.47. The molecule has 136 valence electrons. The molecule has 2 aromatic rings. The number of aryl methyl sites for hydroxylation is 2. The summed E-state index contributed by atoms with van der Waals surface area (Å²) in [5, 5.41) is 2.84. The van der Waals surface area contributed by atoms with Gasteiger partial charge in [-0.25, -0.2) is 0 Å². The van der Waals surface area contributed by atoms with E-state index in [4.69, 9.17) is 15.2 Å². The number of nitrogens with one attached hydrogen (secondary N) is 1. The van der Waals surface area contributed by atoms with Gasteiger partial charge in [0.15, 0.2) is 0 Å². The lowest BCUT2D eigenvalue weighted by Crippen LogP contribution is -2.15. The highest BCUT2D eigenvalue weighted by Crippen LogP contribution is 2.19. The average molecular weight is 365 g/mol. The SMILES string of the molecule is Cc1ccc(OCCC(=O)Nc2ccc(OCCN)cc2)c(C)c1.Cl. The van der Waals surface area contributed by atoms with Crippen molar-refractivity contribution in [2.75, 3.05) is 25.1 Å². The van der Waals surface area contributed by atoms with Gasteiger partial charge in [-0.1, -0.05) is 17.7 Å². The number of amides is 1. The van der Waals surface area contributed by atoms with Gasteiger partial charge in [-0.3, -0.25) is 4.79 Å². The van der Waals surface area contributed by atoms with E-state index in [9.17, 15) is 4.79 Å². The van der Waals surface area contributed by atoms with Gasteiger partial charge >= 0.3 is 0 Å². The minimum absolute atomic E-state index is 0. The third-order valence-electron chi connectivity index (χ3n) is 3.44. The van der Waals surface area contributed by atoms with Crippen LogP contribution in [-0.4, -0.2) is 25.7 Å². The van der Waals surface area contributed by atoms with E-state index in [1.165, 1.54) is 5.56 Å². The van der Waals surface area contributed by atoms with E-state index >= 15 is 0 Å². The van der Waals surface area contributed by atoms with Gasteiger partial charge in [-0.2, -0.15) is 0 Å². The van der Waals surface area contributed by atoms with Crippen LogP contribution in [0.4, 0.5) is 5.69 Å². The van der Waals surface area contributed by atoms with Crippen LogP contribution in [0.1, 0.15) is 17.5 Å². The predicted molar refractivity (Wildman–Crippen MR) is 103 cm³/mol. The fourth-order valence-electron chi connectivity index (χ4n) is 2.25. The van der Waals surface area contributed by atoms with Crippen molar-refractivity contribution in [2.45, 2.75) is 20.3 Å². The number of anilines is 1. The molecular weight excluding hydrogens is 340 g/mol. The summed E-state index contributed by atoms with van der Waals surface area (Å²) in [6.07, 6.45) is 0.290. The Morgan fingerprint density at radius 1 is 1.04 bits per heavy atom. The van der Waals surface area contributed by atoms with Crippen molar-refractivity contribution in [1.82, 2.24) is 0 Å². The maximum atomic E-state index is 12.0. The number of ether oxygens (including phenoxy) is 2. The molecule has 6 heteroatoms. The summed E-state index contributed by atoms with van der Waals surface area (Å²) >= 11 is 0. The van der Waals surface area contributed by atoms with Gasteiger partial charge in [0.1, 0.15) is 18.1 Å². The molecular formula is C19H25ClN2O3. The molecule has 5 nitrogen and oxygen atoms in total. The summed E-state index contributed by atoms with van der Waals surface area (Å²) in [6.45, 7) is 5.32. The largest absolute Gasteiger partial charge is 0.493 e. The maximum absolute atomic E-state index is 12.0. The number of rotatable bonds is 8. The van der Waals surface area contributed by atoms with Crippen LogP contribution in [-0.2, 0) is 4.79 Å². The standard InChI is InChI=1S/C19H24N2O3.ClH/c1-14-3-8-18(15(2)13-14)24-11-9-19(22)21-16-4-6-17(7-5-16)23-12-10-20;/h3-8,13H,9-12,20H2,1-2H3,(H,21,22);1H. The lowest BCUT2D eigenvalue weighted by Gasteiger charge is -2.10. The number of carbonyl (C=O) groups excluding carboxylic acids is 1. The molecule has 1 amide bonds. The highest BCUT2D eigenvalue weighted by Gasteiger charge is 2.05. The Balaban J connectivity index is 0.00000312. The number of halogens is 1. The Bertz CT molecular complexity index is 675. The quantitative estimate of drug-likeness (QED) is 0.752. The maximum Gasteiger partial charge on any atom is 0.227 e. The number of hydrogen-bond donors (Lipinski definition) is 2. The van der Waals surface area contributed by atoms with Crippen LogP contribution >= 0.6 is 12.4 Å². The summed E-state index contributed by atoms with van der Waals surface area (Å²) < 4.78 is 11.1. The zero-order chi connectivity index (χ0) is 17.4. The Morgan fingerprint density at radius 2 is 1.76 bits per heavy atom. The second-order valence-electron chi connectivity index (χ2n) is 5.58. The highest BCUT2D eigenvalue weighted by molar-refractivity contribution is 5.90. The fraction of sp³-hybridized carbons (Fsp3) is 0.316. The molecule has 25 heavy (non-hydrogen) atoms. The van der Waals surface area contributed by atoms with Crippen LogP contribution in [0.2, 0.25) is 0 Å². The monoisotopic (exact) mass is 364 g/mol. The van der Waals surface area contributed by atoms with E-state index in [-0.39, 0.29) is 18.3 Å². The van der Waals surface area contributed by atoms with Crippen LogP contribution in [0.3, 0.4) is 0 Å². The zero-order valence-corrected chi connectivity index (χ0v) is 15.4. The second-order valence-corrected chi connectivity index (χ2v) is 5.58. The normalized spacial score (nSPS) is 9.88. The van der Waals surface area contributed by atoms with E-state index in [1.807, 2.05) is 26.0 Å². The molecule has 0 heterocycles. The van der Waals surface area contributed by atoms with Gasteiger partial charge in [0.25, 0.3) is 0 Å². The summed E-state index contributed by atoms with van der Waals surface area (Å²) in [5.41, 5.74) is 8.38. The van der Waals surface area contributed by atoms with E-state index in [0.717, 1.165) is 22.7 Å². The van der Waals surface area contributed by atoms with Crippen LogP contribution in [0.15, 0.2) is 42.5 Å². The van der Waals surface area contributed by atoms with Gasteiger partial charge in [0, 0.05) is 12.2 Å². The van der Waals surface area contributed by atoms with Crippen molar-refractivity contribution in [3.05, 3.63) is 53.6 Å². The molecule has 0 aliphatic heterocycles. The van der Waals surface area contributed by atoms with Crippen molar-refractivity contribution >= 4 is 24.0 Å². The number of hydrogen-bond acceptors (Lipinski definition) is 4. The van der Waals surface area contributed by atoms with Gasteiger partial charge in [-0.15, -0.1) is 12.4 Å². The van der Waals surface area contributed by atoms with Crippen molar-refractivity contribution in [3.63, 3.8) is 0 Å². The topological polar surface area (TPSA) is 73.6 Å². The molecule has 0 unspecified atom stereocenters. The Labute approximate surface area is 154 Å². The molecule has 0 aliphatic rings. The molecule has 0 saturated heterocycles. The van der Waals surface area contributed by atoms with Gasteiger partial charge < -0.3 is 20.5 Å². The molecule has 0 fully saturated rings. The van der Waals surface area contributed by atoms with Gasteiger partial charge in [0.05, 0.1) is 13.0 Å². The Kier molecular flexibility index (Phi) is 8.81. The molecule has 0 aromatic heterocycles. The van der Waals surface area contributed by atoms with Crippen LogP contribution in [0, 0.1) is 13.8 Å². The lowest BCUT2D eigenvalue weighted by molar-refractivity contribution is -0.116. The summed E-state index contributed by atoms with van der Waals surface area (Å²) in [7, 11) is 0. The Hall–Kier alpha value is -2.24. The first-order valence-corrected chi connectivity index (χ1v) is 8.01. The summed E-state index contributed by atoms with van der Waals surface area (Å²) in [5.74, 6) is 1.46. The molecule has 0 bridgehead atoms. The molecule has 0 aliphatic carbocycles. The molecule has 0 atom stereocenters. The molecule has 0 saturated carbocycles. The highest BCUT2D eigenvalue weighted by atomic mass is 35.5. The first-order chi connectivity index (χ1) is 11.6. The first kappa shape index (κ1) is 20.8. The summed E-state index contributed by atoms with van der Waals surface area (Å²) in [4.78, 5) is 12.0. The minimum Gasteiger partial charge on any atom is -0.493 e. The second kappa shape index (κ2) is 10.6. The van der Waals surface area contributed by atoms with Crippen molar-refractivity contribution < 1.29 is 14.3 Å². The van der Waals surface area contributed by atoms with Gasteiger partial charge in [-0.05, 0) is 49.7 Å². The van der Waals surface area contributed by atoms with E-state index < -0.39 is 0 Å². The molecule has 0 spiro atoms. The van der Waals surface area contributed by atoms with Crippen LogP contribution < -0.4 is 20.5 Å². The van der Waals surface area contributed by atoms with Crippen molar-refractivity contribution in [2.24, 2.45) is 5.73 Å². The van der Waals surface area contributed by atoms with Crippen LogP contribution in [0.25, 0.3) is 0 Å². The Morgan fingerprint density at radius 3 is 2.40 bits per heavy atom. The third-order valence-corrected chi connectivity index (χ3v) is 3.44. The fourth-order valence-corrected chi connectivity index (χ4v) is 2.25.